The molecule has 1 aromatic carbocycles. The van der Waals surface area contributed by atoms with Crippen LogP contribution < -0.4 is 11.1 Å². The summed E-state index contributed by atoms with van der Waals surface area (Å²) in [6, 6.07) is 7.88. The number of hydrogen-bond donors (Lipinski definition) is 2. The summed E-state index contributed by atoms with van der Waals surface area (Å²) in [5.74, 6) is 0.592. The van der Waals surface area contributed by atoms with Crippen LogP contribution in [0.4, 0.5) is 5.69 Å². The maximum absolute atomic E-state index is 11.4. The number of benzene rings is 1. The minimum absolute atomic E-state index is 0. The van der Waals surface area contributed by atoms with E-state index < -0.39 is 10.0 Å². The van der Waals surface area contributed by atoms with E-state index in [1.165, 1.54) is 16.1 Å². The molecule has 1 fully saturated rings. The second-order valence-electron chi connectivity index (χ2n) is 5.49. The number of nitrogens with zero attached hydrogens (tertiary/aromatic N) is 2. The molecule has 1 aliphatic heterocycles. The largest absolute Gasteiger partial charge is 0.370 e. The Bertz CT molecular complexity index is 616. The highest BCUT2D eigenvalue weighted by molar-refractivity contribution is 14.0. The van der Waals surface area contributed by atoms with Crippen molar-refractivity contribution in [1.29, 1.82) is 0 Å². The van der Waals surface area contributed by atoms with Crippen LogP contribution in [-0.2, 0) is 10.0 Å². The lowest BCUT2D eigenvalue weighted by molar-refractivity contribution is 0.464. The number of aryl methyl sites for hydroxylation is 1. The van der Waals surface area contributed by atoms with E-state index in [1.807, 2.05) is 31.2 Å². The second-order valence-corrected chi connectivity index (χ2v) is 7.48. The molecule has 0 bridgehead atoms. The van der Waals surface area contributed by atoms with Crippen LogP contribution in [0.2, 0.25) is 0 Å². The molecule has 1 aromatic rings. The number of nitrogens with two attached hydrogens (primary N) is 1. The molecular formula is C14H23IN4O2S. The van der Waals surface area contributed by atoms with Crippen molar-refractivity contribution >= 4 is 45.6 Å². The van der Waals surface area contributed by atoms with Crippen molar-refractivity contribution in [3.8, 4) is 0 Å². The maximum atomic E-state index is 11.4. The summed E-state index contributed by atoms with van der Waals surface area (Å²) in [5, 5.41) is 3.03. The lowest BCUT2D eigenvalue weighted by atomic mass is 10.1. The van der Waals surface area contributed by atoms with Gasteiger partial charge in [0.1, 0.15) is 0 Å². The van der Waals surface area contributed by atoms with E-state index in [0.29, 0.717) is 25.6 Å². The first-order valence-corrected chi connectivity index (χ1v) is 8.78. The Labute approximate surface area is 149 Å². The predicted octanol–water partition coefficient (Wildman–Crippen LogP) is 1.62. The van der Waals surface area contributed by atoms with Crippen molar-refractivity contribution in [2.75, 3.05) is 31.2 Å². The van der Waals surface area contributed by atoms with Crippen LogP contribution in [0, 0.1) is 12.8 Å². The summed E-state index contributed by atoms with van der Waals surface area (Å²) in [4.78, 5) is 4.30. The van der Waals surface area contributed by atoms with E-state index in [9.17, 15) is 8.42 Å². The molecule has 0 saturated carbocycles. The summed E-state index contributed by atoms with van der Waals surface area (Å²) >= 11 is 0. The molecule has 0 radical (unpaired) electrons. The van der Waals surface area contributed by atoms with Crippen molar-refractivity contribution in [3.05, 3.63) is 29.8 Å². The molecule has 1 unspecified atom stereocenters. The van der Waals surface area contributed by atoms with Gasteiger partial charge in [0, 0.05) is 25.3 Å². The maximum Gasteiger partial charge on any atom is 0.211 e. The molecule has 1 saturated heterocycles. The molecule has 0 amide bonds. The average Bonchev–Trinajstić information content (AvgIpc) is 2.88. The van der Waals surface area contributed by atoms with Gasteiger partial charge < -0.3 is 11.1 Å². The van der Waals surface area contributed by atoms with Gasteiger partial charge in [0.25, 0.3) is 0 Å². The molecular weight excluding hydrogens is 415 g/mol. The molecule has 1 atom stereocenters. The first-order valence-electron chi connectivity index (χ1n) is 6.93. The predicted molar refractivity (Wildman–Crippen MR) is 101 cm³/mol. The molecule has 8 heteroatoms. The van der Waals surface area contributed by atoms with Crippen molar-refractivity contribution < 1.29 is 8.42 Å². The Morgan fingerprint density at radius 2 is 2.05 bits per heavy atom. The minimum atomic E-state index is -3.09. The number of anilines is 1. The van der Waals surface area contributed by atoms with E-state index in [1.54, 1.807) is 0 Å². The van der Waals surface area contributed by atoms with Gasteiger partial charge in [-0.25, -0.2) is 12.7 Å². The number of hydrogen-bond acceptors (Lipinski definition) is 3. The van der Waals surface area contributed by atoms with Crippen LogP contribution in [0.25, 0.3) is 0 Å². The third-order valence-corrected chi connectivity index (χ3v) is 4.83. The molecule has 22 heavy (non-hydrogen) atoms. The molecule has 2 rings (SSSR count). The number of halogens is 1. The van der Waals surface area contributed by atoms with Crippen LogP contribution in [0.5, 0.6) is 0 Å². The lowest BCUT2D eigenvalue weighted by Crippen LogP contribution is -2.28. The van der Waals surface area contributed by atoms with E-state index in [0.717, 1.165) is 12.1 Å². The fourth-order valence-corrected chi connectivity index (χ4v) is 3.22. The van der Waals surface area contributed by atoms with Crippen molar-refractivity contribution in [2.24, 2.45) is 16.6 Å². The van der Waals surface area contributed by atoms with E-state index in [2.05, 4.69) is 10.3 Å². The fourth-order valence-electron chi connectivity index (χ4n) is 2.30. The van der Waals surface area contributed by atoms with Gasteiger partial charge in [-0.3, -0.25) is 4.99 Å². The van der Waals surface area contributed by atoms with Gasteiger partial charge in [-0.05, 0) is 31.4 Å². The Hall–Kier alpha value is -0.870. The molecule has 3 N–H and O–H groups in total. The molecule has 0 aromatic heterocycles. The van der Waals surface area contributed by atoms with E-state index >= 15 is 0 Å². The van der Waals surface area contributed by atoms with Crippen LogP contribution in [0.15, 0.2) is 29.3 Å². The van der Waals surface area contributed by atoms with Crippen molar-refractivity contribution in [2.45, 2.75) is 13.3 Å². The van der Waals surface area contributed by atoms with Crippen molar-refractivity contribution in [1.82, 2.24) is 4.31 Å². The molecule has 0 aliphatic carbocycles. The van der Waals surface area contributed by atoms with Gasteiger partial charge in [0.05, 0.1) is 6.26 Å². The van der Waals surface area contributed by atoms with Gasteiger partial charge in [0.2, 0.25) is 10.0 Å². The van der Waals surface area contributed by atoms with Gasteiger partial charge in [-0.15, -0.1) is 24.0 Å². The fraction of sp³-hybridized carbons (Fsp3) is 0.500. The van der Waals surface area contributed by atoms with Gasteiger partial charge >= 0.3 is 0 Å². The van der Waals surface area contributed by atoms with Crippen LogP contribution in [-0.4, -0.2) is 44.6 Å². The average molecular weight is 438 g/mol. The first kappa shape index (κ1) is 19.2. The third kappa shape index (κ3) is 5.73. The molecule has 124 valence electrons. The van der Waals surface area contributed by atoms with E-state index in [-0.39, 0.29) is 29.9 Å². The monoisotopic (exact) mass is 438 g/mol. The zero-order valence-corrected chi connectivity index (χ0v) is 16.0. The normalized spacial score (nSPS) is 19.7. The highest BCUT2D eigenvalue weighted by Gasteiger charge is 2.28. The van der Waals surface area contributed by atoms with Crippen LogP contribution in [0.3, 0.4) is 0 Å². The third-order valence-electron chi connectivity index (χ3n) is 3.56. The Morgan fingerprint density at radius 1 is 1.41 bits per heavy atom. The topological polar surface area (TPSA) is 87.8 Å². The Kier molecular flexibility index (Phi) is 7.07. The summed E-state index contributed by atoms with van der Waals surface area (Å²) < 4.78 is 24.4. The van der Waals surface area contributed by atoms with Gasteiger partial charge in [-0.1, -0.05) is 17.7 Å². The smallest absolute Gasteiger partial charge is 0.211 e. The minimum Gasteiger partial charge on any atom is -0.370 e. The lowest BCUT2D eigenvalue weighted by Gasteiger charge is -2.12. The van der Waals surface area contributed by atoms with Crippen LogP contribution >= 0.6 is 24.0 Å². The summed E-state index contributed by atoms with van der Waals surface area (Å²) in [5.41, 5.74) is 7.93. The van der Waals surface area contributed by atoms with Gasteiger partial charge in [0.15, 0.2) is 5.96 Å². The van der Waals surface area contributed by atoms with E-state index in [4.69, 9.17) is 5.73 Å². The molecule has 1 heterocycles. The number of aliphatic imine (C=N–C) groups is 1. The highest BCUT2D eigenvalue weighted by Crippen LogP contribution is 2.19. The summed E-state index contributed by atoms with van der Waals surface area (Å²) in [7, 11) is -3.09. The van der Waals surface area contributed by atoms with Crippen molar-refractivity contribution in [3.63, 3.8) is 0 Å². The van der Waals surface area contributed by atoms with Crippen LogP contribution in [0.1, 0.15) is 12.0 Å². The zero-order chi connectivity index (χ0) is 15.5. The summed E-state index contributed by atoms with van der Waals surface area (Å²) in [6.45, 7) is 3.66. The SMILES string of the molecule is Cc1ccc(NC(N)=NCC2CCN(S(C)(=O)=O)C2)cc1.I. The molecule has 0 spiro atoms. The zero-order valence-electron chi connectivity index (χ0n) is 12.8. The quantitative estimate of drug-likeness (QED) is 0.425. The highest BCUT2D eigenvalue weighted by atomic mass is 127. The first-order chi connectivity index (χ1) is 9.84. The summed E-state index contributed by atoms with van der Waals surface area (Å²) in [6.07, 6.45) is 2.07. The number of guanidine groups is 1. The number of rotatable bonds is 4. The second kappa shape index (κ2) is 8.11. The molecule has 1 aliphatic rings. The number of sulfonamides is 1. The van der Waals surface area contributed by atoms with Gasteiger partial charge in [-0.2, -0.15) is 0 Å². The Morgan fingerprint density at radius 3 is 2.59 bits per heavy atom. The standard InChI is InChI=1S/C14H22N4O2S.HI/c1-11-3-5-13(6-4-11)17-14(15)16-9-12-7-8-18(10-12)21(2,19)20;/h3-6,12H,7-10H2,1-2H3,(H3,15,16,17);1H. The number of nitrogens with one attached hydrogen (secondary N) is 1. The molecule has 6 nitrogen and oxygen atoms in total. The Balaban J connectivity index is 0.00000242.